The fraction of sp³-hybridized carbons (Fsp3) is 0.478. The highest BCUT2D eigenvalue weighted by Gasteiger charge is 2.31. The molecule has 1 N–H and O–H groups in total. The van der Waals surface area contributed by atoms with E-state index in [-0.39, 0.29) is 36.1 Å². The Balaban J connectivity index is 1.42. The lowest BCUT2D eigenvalue weighted by Crippen LogP contribution is -2.49. The van der Waals surface area contributed by atoms with Crippen molar-refractivity contribution in [2.75, 3.05) is 45.9 Å². The number of aromatic nitrogens is 1. The van der Waals surface area contributed by atoms with Gasteiger partial charge in [-0.2, -0.15) is 4.31 Å². The van der Waals surface area contributed by atoms with Crippen molar-refractivity contribution in [2.45, 2.75) is 32.1 Å². The number of nitrogens with one attached hydrogen (secondary N) is 1. The number of piperazine rings is 1. The predicted octanol–water partition coefficient (Wildman–Crippen LogP) is 2.05. The third kappa shape index (κ3) is 4.55. The maximum absolute atomic E-state index is 13.1. The van der Waals surface area contributed by atoms with Gasteiger partial charge in [0.1, 0.15) is 13.2 Å². The summed E-state index contributed by atoms with van der Waals surface area (Å²) < 4.78 is 38.7. The molecule has 2 aliphatic rings. The van der Waals surface area contributed by atoms with Gasteiger partial charge >= 0.3 is 0 Å². The summed E-state index contributed by atoms with van der Waals surface area (Å²) in [6, 6.07) is 4.66. The Labute approximate surface area is 193 Å². The average molecular weight is 476 g/mol. The Morgan fingerprint density at radius 3 is 2.36 bits per heavy atom. The number of aromatic amines is 1. The minimum atomic E-state index is -3.68. The summed E-state index contributed by atoms with van der Waals surface area (Å²) in [5.74, 6) is 0.829. The highest BCUT2D eigenvalue weighted by atomic mass is 32.2. The fourth-order valence-corrected chi connectivity index (χ4v) is 5.93. The number of sulfonamides is 1. The first-order chi connectivity index (χ1) is 15.7. The Kier molecular flexibility index (Phi) is 6.60. The van der Waals surface area contributed by atoms with Gasteiger partial charge in [-0.15, -0.1) is 0 Å². The van der Waals surface area contributed by atoms with E-state index >= 15 is 0 Å². The summed E-state index contributed by atoms with van der Waals surface area (Å²) in [4.78, 5) is 30.2. The lowest BCUT2D eigenvalue weighted by molar-refractivity contribution is 0.0896. The number of rotatable bonds is 7. The van der Waals surface area contributed by atoms with E-state index in [9.17, 15) is 18.0 Å². The minimum Gasteiger partial charge on any atom is -0.486 e. The number of carbonyl (C=O) groups excluding carboxylic acids is 2. The Morgan fingerprint density at radius 2 is 1.73 bits per heavy atom. The summed E-state index contributed by atoms with van der Waals surface area (Å²) in [6.45, 7) is 7.68. The number of Topliss-reactive ketones (excluding diaryl/α,β-unsaturated/α-hetero) is 2. The van der Waals surface area contributed by atoms with Crippen LogP contribution in [0.15, 0.2) is 23.1 Å². The van der Waals surface area contributed by atoms with Crippen molar-refractivity contribution in [3.05, 3.63) is 40.7 Å². The number of aryl methyl sites for hydroxylation is 1. The fourth-order valence-electron chi connectivity index (χ4n) is 4.49. The zero-order valence-corrected chi connectivity index (χ0v) is 20.0. The third-order valence-electron chi connectivity index (χ3n) is 6.13. The summed E-state index contributed by atoms with van der Waals surface area (Å²) in [5, 5.41) is 0. The molecule has 0 aliphatic carbocycles. The molecule has 9 nitrogen and oxygen atoms in total. The van der Waals surface area contributed by atoms with Crippen LogP contribution in [0.5, 0.6) is 11.5 Å². The molecule has 0 amide bonds. The van der Waals surface area contributed by atoms with Gasteiger partial charge in [-0.1, -0.05) is 6.92 Å². The molecule has 0 saturated carbocycles. The Morgan fingerprint density at radius 1 is 1.06 bits per heavy atom. The smallest absolute Gasteiger partial charge is 0.243 e. The first kappa shape index (κ1) is 23.5. The molecule has 10 heteroatoms. The molecule has 0 atom stereocenters. The van der Waals surface area contributed by atoms with Crippen molar-refractivity contribution in [1.82, 2.24) is 14.2 Å². The highest BCUT2D eigenvalue weighted by Crippen LogP contribution is 2.33. The van der Waals surface area contributed by atoms with Crippen molar-refractivity contribution in [3.8, 4) is 11.5 Å². The topological polar surface area (TPSA) is 109 Å². The van der Waals surface area contributed by atoms with Gasteiger partial charge in [-0.05, 0) is 38.0 Å². The van der Waals surface area contributed by atoms with E-state index in [1.54, 1.807) is 13.0 Å². The zero-order chi connectivity index (χ0) is 23.8. The molecule has 3 heterocycles. The van der Waals surface area contributed by atoms with Gasteiger partial charge < -0.3 is 14.5 Å². The van der Waals surface area contributed by atoms with Gasteiger partial charge in [-0.25, -0.2) is 8.42 Å². The van der Waals surface area contributed by atoms with E-state index in [1.807, 2.05) is 11.8 Å². The molecular formula is C23H29N3O6S. The predicted molar refractivity (Wildman–Crippen MR) is 122 cm³/mol. The van der Waals surface area contributed by atoms with Crippen LogP contribution in [0.3, 0.4) is 0 Å². The second-order valence-electron chi connectivity index (χ2n) is 8.30. The molecule has 0 unspecified atom stereocenters. The highest BCUT2D eigenvalue weighted by molar-refractivity contribution is 7.89. The van der Waals surface area contributed by atoms with Gasteiger partial charge in [-0.3, -0.25) is 14.5 Å². The van der Waals surface area contributed by atoms with E-state index in [1.165, 1.54) is 23.4 Å². The quantitative estimate of drug-likeness (QED) is 0.611. The number of H-pyrrole nitrogens is 1. The van der Waals surface area contributed by atoms with Crippen LogP contribution in [0.25, 0.3) is 0 Å². The molecular weight excluding hydrogens is 446 g/mol. The monoisotopic (exact) mass is 475 g/mol. The first-order valence-corrected chi connectivity index (χ1v) is 12.5. The molecule has 4 rings (SSSR count). The number of benzene rings is 1. The Hall–Kier alpha value is -2.69. The number of carbonyl (C=O) groups is 2. The molecule has 0 radical (unpaired) electrons. The van der Waals surface area contributed by atoms with Crippen LogP contribution in [0.2, 0.25) is 0 Å². The summed E-state index contributed by atoms with van der Waals surface area (Å²) in [5.41, 5.74) is 2.53. The third-order valence-corrected chi connectivity index (χ3v) is 8.02. The molecule has 2 aromatic rings. The van der Waals surface area contributed by atoms with E-state index in [4.69, 9.17) is 9.47 Å². The van der Waals surface area contributed by atoms with Gasteiger partial charge in [0.2, 0.25) is 10.0 Å². The molecule has 1 fully saturated rings. The minimum absolute atomic E-state index is 0.0578. The number of ether oxygens (including phenoxy) is 2. The standard InChI is InChI=1S/C23H29N3O6S/c1-4-18-22(16(3)27)15(2)24-23(18)19(28)14-25-7-9-26(10-8-25)33(29,30)17-5-6-20-21(13-17)32-12-11-31-20/h5-6,13,24H,4,7-12,14H2,1-3H3. The van der Waals surface area contributed by atoms with Crippen LogP contribution in [0.4, 0.5) is 0 Å². The molecule has 178 valence electrons. The van der Waals surface area contributed by atoms with Crippen molar-refractivity contribution in [1.29, 1.82) is 0 Å². The van der Waals surface area contributed by atoms with E-state index < -0.39 is 10.0 Å². The largest absolute Gasteiger partial charge is 0.486 e. The van der Waals surface area contributed by atoms with Crippen molar-refractivity contribution in [2.24, 2.45) is 0 Å². The molecule has 0 bridgehead atoms. The van der Waals surface area contributed by atoms with Crippen LogP contribution >= 0.6 is 0 Å². The van der Waals surface area contributed by atoms with Gasteiger partial charge in [0.05, 0.1) is 17.1 Å². The van der Waals surface area contributed by atoms with Gasteiger partial charge in [0.15, 0.2) is 23.1 Å². The number of hydrogen-bond donors (Lipinski definition) is 1. The van der Waals surface area contributed by atoms with Crippen LogP contribution in [0.1, 0.15) is 46.0 Å². The van der Waals surface area contributed by atoms with Crippen LogP contribution in [-0.4, -0.2) is 80.1 Å². The molecule has 1 saturated heterocycles. The van der Waals surface area contributed by atoms with Crippen LogP contribution in [-0.2, 0) is 16.4 Å². The van der Waals surface area contributed by atoms with Crippen LogP contribution < -0.4 is 9.47 Å². The molecule has 1 aromatic carbocycles. The zero-order valence-electron chi connectivity index (χ0n) is 19.1. The average Bonchev–Trinajstić information content (AvgIpc) is 3.15. The molecule has 1 aromatic heterocycles. The molecule has 33 heavy (non-hydrogen) atoms. The van der Waals surface area contributed by atoms with E-state index in [0.29, 0.717) is 61.2 Å². The summed E-state index contributed by atoms with van der Waals surface area (Å²) in [7, 11) is -3.68. The van der Waals surface area contributed by atoms with E-state index in [0.717, 1.165) is 5.56 Å². The van der Waals surface area contributed by atoms with Crippen molar-refractivity contribution >= 4 is 21.6 Å². The van der Waals surface area contributed by atoms with E-state index in [2.05, 4.69) is 4.98 Å². The van der Waals surface area contributed by atoms with Gasteiger partial charge in [0.25, 0.3) is 0 Å². The Bertz CT molecular complexity index is 1180. The van der Waals surface area contributed by atoms with Gasteiger partial charge in [0, 0.05) is 43.5 Å². The second kappa shape index (κ2) is 9.28. The normalized spacial score (nSPS) is 17.2. The number of nitrogens with zero attached hydrogens (tertiary/aromatic N) is 2. The summed E-state index contributed by atoms with van der Waals surface area (Å²) >= 11 is 0. The number of ketones is 2. The summed E-state index contributed by atoms with van der Waals surface area (Å²) in [6.07, 6.45) is 0.585. The van der Waals surface area contributed by atoms with Crippen LogP contribution in [0, 0.1) is 6.92 Å². The second-order valence-corrected chi connectivity index (χ2v) is 10.2. The first-order valence-electron chi connectivity index (χ1n) is 11.1. The lowest BCUT2D eigenvalue weighted by Gasteiger charge is -2.33. The maximum atomic E-state index is 13.1. The maximum Gasteiger partial charge on any atom is 0.243 e. The molecule has 2 aliphatic heterocycles. The number of hydrogen-bond acceptors (Lipinski definition) is 7. The molecule has 0 spiro atoms. The lowest BCUT2D eigenvalue weighted by atomic mass is 10.0. The number of fused-ring (bicyclic) bond motifs is 1. The van der Waals surface area contributed by atoms with Crippen molar-refractivity contribution in [3.63, 3.8) is 0 Å². The van der Waals surface area contributed by atoms with Crippen molar-refractivity contribution < 1.29 is 27.5 Å². The SMILES string of the molecule is CCc1c(C(=O)CN2CCN(S(=O)(=O)c3ccc4c(c3)OCCO4)CC2)[nH]c(C)c1C(C)=O.